The predicted octanol–water partition coefficient (Wildman–Crippen LogP) is 1.01. The van der Waals surface area contributed by atoms with Crippen LogP contribution in [0.25, 0.3) is 5.65 Å². The molecule has 0 aromatic carbocycles. The van der Waals surface area contributed by atoms with Gasteiger partial charge in [0.25, 0.3) is 0 Å². The number of hydrogen-bond acceptors (Lipinski definition) is 7. The maximum absolute atomic E-state index is 4.34. The Morgan fingerprint density at radius 2 is 1.84 bits per heavy atom. The van der Waals surface area contributed by atoms with Crippen molar-refractivity contribution in [1.82, 2.24) is 40.1 Å². The van der Waals surface area contributed by atoms with Crippen molar-refractivity contribution in [3.05, 3.63) is 48.7 Å². The Hall–Kier alpha value is -2.54. The molecule has 31 heavy (non-hydrogen) atoms. The fourth-order valence-corrected chi connectivity index (χ4v) is 3.53. The van der Waals surface area contributed by atoms with Gasteiger partial charge in [0.1, 0.15) is 0 Å². The van der Waals surface area contributed by atoms with Crippen LogP contribution in [0.3, 0.4) is 0 Å². The van der Waals surface area contributed by atoms with Crippen LogP contribution in [0.4, 0.5) is 5.95 Å². The summed E-state index contributed by atoms with van der Waals surface area (Å²) in [5.74, 6) is 2.46. The summed E-state index contributed by atoms with van der Waals surface area (Å²) in [6, 6.07) is 7.72. The van der Waals surface area contributed by atoms with Gasteiger partial charge in [0.15, 0.2) is 17.4 Å². The summed E-state index contributed by atoms with van der Waals surface area (Å²) in [6.45, 7) is 6.48. The summed E-state index contributed by atoms with van der Waals surface area (Å²) in [5, 5.41) is 15.1. The van der Waals surface area contributed by atoms with Gasteiger partial charge in [0, 0.05) is 58.4 Å². The van der Waals surface area contributed by atoms with E-state index >= 15 is 0 Å². The van der Waals surface area contributed by atoms with E-state index in [9.17, 15) is 0 Å². The van der Waals surface area contributed by atoms with Crippen molar-refractivity contribution in [2.24, 2.45) is 4.99 Å². The maximum atomic E-state index is 4.34. The van der Waals surface area contributed by atoms with Crippen LogP contribution in [0.2, 0.25) is 0 Å². The van der Waals surface area contributed by atoms with E-state index in [-0.39, 0.29) is 24.0 Å². The lowest BCUT2D eigenvalue weighted by Gasteiger charge is -2.34. The zero-order valence-electron chi connectivity index (χ0n) is 17.7. The van der Waals surface area contributed by atoms with Crippen LogP contribution in [0.1, 0.15) is 12.2 Å². The monoisotopic (exact) mass is 536 g/mol. The molecule has 1 fully saturated rings. The van der Waals surface area contributed by atoms with Crippen LogP contribution < -0.4 is 15.5 Å². The van der Waals surface area contributed by atoms with Crippen LogP contribution >= 0.6 is 24.0 Å². The third-order valence-corrected chi connectivity index (χ3v) is 5.17. The number of pyridine rings is 1. The molecule has 3 aromatic heterocycles. The fourth-order valence-electron chi connectivity index (χ4n) is 3.53. The highest BCUT2D eigenvalue weighted by molar-refractivity contribution is 14.0. The van der Waals surface area contributed by atoms with Crippen LogP contribution in [0, 0.1) is 0 Å². The van der Waals surface area contributed by atoms with Gasteiger partial charge in [0.05, 0.1) is 6.54 Å². The lowest BCUT2D eigenvalue weighted by Crippen LogP contribution is -2.47. The molecule has 4 rings (SSSR count). The molecular weight excluding hydrogens is 507 g/mol. The summed E-state index contributed by atoms with van der Waals surface area (Å²) in [5.41, 5.74) is 0.844. The Morgan fingerprint density at radius 1 is 1.03 bits per heavy atom. The molecular formula is C20H29IN10. The minimum atomic E-state index is 0. The molecule has 0 aliphatic carbocycles. The average Bonchev–Trinajstić information content (AvgIpc) is 3.23. The van der Waals surface area contributed by atoms with E-state index in [4.69, 9.17) is 0 Å². The van der Waals surface area contributed by atoms with E-state index < -0.39 is 0 Å². The van der Waals surface area contributed by atoms with Crippen molar-refractivity contribution >= 4 is 41.5 Å². The lowest BCUT2D eigenvalue weighted by molar-refractivity contribution is 0.254. The molecule has 1 aliphatic rings. The van der Waals surface area contributed by atoms with Gasteiger partial charge in [-0.2, -0.15) is 0 Å². The summed E-state index contributed by atoms with van der Waals surface area (Å²) in [6.07, 6.45) is 6.61. The molecule has 2 N–H and O–H groups in total. The Balaban J connectivity index is 0.00000272. The molecule has 4 heterocycles. The molecule has 1 saturated heterocycles. The number of nitrogens with one attached hydrogen (secondary N) is 2. The molecule has 1 aliphatic heterocycles. The topological polar surface area (TPSA) is 98.9 Å². The minimum absolute atomic E-state index is 0. The van der Waals surface area contributed by atoms with Gasteiger partial charge in [0.2, 0.25) is 5.95 Å². The van der Waals surface area contributed by atoms with Crippen molar-refractivity contribution < 1.29 is 0 Å². The van der Waals surface area contributed by atoms with Gasteiger partial charge >= 0.3 is 0 Å². The van der Waals surface area contributed by atoms with Crippen molar-refractivity contribution in [2.75, 3.05) is 51.2 Å². The molecule has 0 spiro atoms. The molecule has 11 heteroatoms. The molecule has 10 nitrogen and oxygen atoms in total. The Labute approximate surface area is 199 Å². The molecule has 0 amide bonds. The molecule has 0 saturated carbocycles. The average molecular weight is 536 g/mol. The van der Waals surface area contributed by atoms with Crippen LogP contribution in [-0.2, 0) is 6.54 Å². The van der Waals surface area contributed by atoms with Gasteiger partial charge in [-0.15, -0.1) is 34.2 Å². The Kier molecular flexibility index (Phi) is 8.76. The number of piperazine rings is 1. The predicted molar refractivity (Wildman–Crippen MR) is 132 cm³/mol. The first-order chi connectivity index (χ1) is 14.8. The van der Waals surface area contributed by atoms with E-state index in [0.717, 1.165) is 69.1 Å². The van der Waals surface area contributed by atoms with E-state index in [1.807, 2.05) is 34.9 Å². The SMILES string of the molecule is CN=C(NCCCN1CCN(c2ncccn2)CC1)NCc1nnc2ccccn12.I. The maximum Gasteiger partial charge on any atom is 0.225 e. The molecule has 0 bridgehead atoms. The number of aliphatic imine (C=N–C) groups is 1. The third-order valence-electron chi connectivity index (χ3n) is 5.17. The number of halogens is 1. The highest BCUT2D eigenvalue weighted by atomic mass is 127. The Bertz CT molecular complexity index is 953. The van der Waals surface area contributed by atoms with Gasteiger partial charge in [-0.25, -0.2) is 9.97 Å². The quantitative estimate of drug-likeness (QED) is 0.200. The highest BCUT2D eigenvalue weighted by Gasteiger charge is 2.18. The Morgan fingerprint density at radius 3 is 2.61 bits per heavy atom. The van der Waals surface area contributed by atoms with E-state index in [1.54, 1.807) is 19.4 Å². The summed E-state index contributed by atoms with van der Waals surface area (Å²) in [7, 11) is 1.78. The number of hydrogen-bond donors (Lipinski definition) is 2. The first-order valence-corrected chi connectivity index (χ1v) is 10.3. The van der Waals surface area contributed by atoms with E-state index in [1.165, 1.54) is 0 Å². The molecule has 166 valence electrons. The van der Waals surface area contributed by atoms with Crippen molar-refractivity contribution in [1.29, 1.82) is 0 Å². The van der Waals surface area contributed by atoms with Crippen molar-refractivity contribution in [3.8, 4) is 0 Å². The smallest absolute Gasteiger partial charge is 0.225 e. The van der Waals surface area contributed by atoms with E-state index in [0.29, 0.717) is 6.54 Å². The van der Waals surface area contributed by atoms with E-state index in [2.05, 4.69) is 45.6 Å². The number of guanidine groups is 1. The second-order valence-corrected chi connectivity index (χ2v) is 7.13. The highest BCUT2D eigenvalue weighted by Crippen LogP contribution is 2.09. The van der Waals surface area contributed by atoms with Crippen LogP contribution in [0.5, 0.6) is 0 Å². The zero-order valence-corrected chi connectivity index (χ0v) is 20.0. The first kappa shape index (κ1) is 23.1. The molecule has 0 radical (unpaired) electrons. The number of anilines is 1. The second-order valence-electron chi connectivity index (χ2n) is 7.13. The standard InChI is InChI=1S/C20H28N10.HI/c1-21-19(25-16-18-27-26-17-6-2-3-11-30(17)18)22-9-5-10-28-12-14-29(15-13-28)20-23-7-4-8-24-20;/h2-4,6-8,11H,5,9-10,12-16H2,1H3,(H2,21,22,25);1H. The van der Waals surface area contributed by atoms with Crippen molar-refractivity contribution in [2.45, 2.75) is 13.0 Å². The third kappa shape index (κ3) is 6.23. The lowest BCUT2D eigenvalue weighted by atomic mass is 10.3. The number of aromatic nitrogens is 5. The zero-order chi connectivity index (χ0) is 20.6. The minimum Gasteiger partial charge on any atom is -0.356 e. The van der Waals surface area contributed by atoms with Crippen molar-refractivity contribution in [3.63, 3.8) is 0 Å². The molecule has 3 aromatic rings. The van der Waals surface area contributed by atoms with Gasteiger partial charge in [-0.3, -0.25) is 14.3 Å². The number of nitrogens with zero attached hydrogens (tertiary/aromatic N) is 8. The fraction of sp³-hybridized carbons (Fsp3) is 0.450. The second kappa shape index (κ2) is 11.7. The first-order valence-electron chi connectivity index (χ1n) is 10.3. The largest absolute Gasteiger partial charge is 0.356 e. The summed E-state index contributed by atoms with van der Waals surface area (Å²) in [4.78, 5) is 17.7. The van der Waals surface area contributed by atoms with Crippen LogP contribution in [0.15, 0.2) is 47.8 Å². The van der Waals surface area contributed by atoms with Gasteiger partial charge < -0.3 is 15.5 Å². The number of rotatable bonds is 7. The molecule has 0 unspecified atom stereocenters. The summed E-state index contributed by atoms with van der Waals surface area (Å²) < 4.78 is 1.97. The van der Waals surface area contributed by atoms with Gasteiger partial charge in [-0.1, -0.05) is 6.07 Å². The number of fused-ring (bicyclic) bond motifs is 1. The normalized spacial score (nSPS) is 15.0. The summed E-state index contributed by atoms with van der Waals surface area (Å²) >= 11 is 0. The molecule has 0 atom stereocenters. The van der Waals surface area contributed by atoms with Crippen LogP contribution in [-0.4, -0.2) is 81.7 Å². The van der Waals surface area contributed by atoms with Gasteiger partial charge in [-0.05, 0) is 31.2 Å².